The van der Waals surface area contributed by atoms with Gasteiger partial charge in [-0.25, -0.2) is 4.79 Å². The molecule has 0 spiro atoms. The minimum absolute atomic E-state index is 0.232. The summed E-state index contributed by atoms with van der Waals surface area (Å²) in [6, 6.07) is 0.262. The predicted molar refractivity (Wildman–Crippen MR) is 71.9 cm³/mol. The number of hydrogen-bond acceptors (Lipinski definition) is 5. The number of urea groups is 1. The quantitative estimate of drug-likeness (QED) is 0.574. The van der Waals surface area contributed by atoms with E-state index in [1.807, 2.05) is 6.92 Å². The summed E-state index contributed by atoms with van der Waals surface area (Å²) >= 11 is 0. The molecule has 0 saturated carbocycles. The standard InChI is InChI=1S/C12H23N5O2/c1-2-14-12(19)15-11(18)9-16-3-5-17(6-4-16)10-7-13-8-10/h10,13H,2-9H2,1H3,(H2,14,15,18,19). The minimum Gasteiger partial charge on any atom is -0.338 e. The van der Waals surface area contributed by atoms with E-state index in [0.29, 0.717) is 19.1 Å². The molecule has 0 radical (unpaired) electrons. The molecule has 0 atom stereocenters. The molecule has 2 fully saturated rings. The number of imide groups is 1. The van der Waals surface area contributed by atoms with Crippen LogP contribution in [0.1, 0.15) is 6.92 Å². The van der Waals surface area contributed by atoms with E-state index >= 15 is 0 Å². The van der Waals surface area contributed by atoms with E-state index in [1.54, 1.807) is 0 Å². The van der Waals surface area contributed by atoms with E-state index in [4.69, 9.17) is 0 Å². The third-order valence-corrected chi connectivity index (χ3v) is 3.64. The molecule has 0 bridgehead atoms. The van der Waals surface area contributed by atoms with Crippen LogP contribution < -0.4 is 16.0 Å². The highest BCUT2D eigenvalue weighted by Gasteiger charge is 2.28. The second-order valence-corrected chi connectivity index (χ2v) is 5.03. The van der Waals surface area contributed by atoms with Crippen molar-refractivity contribution in [3.05, 3.63) is 0 Å². The van der Waals surface area contributed by atoms with Crippen LogP contribution in [0.15, 0.2) is 0 Å². The highest BCUT2D eigenvalue weighted by molar-refractivity contribution is 5.95. The molecule has 0 aliphatic carbocycles. The van der Waals surface area contributed by atoms with E-state index in [9.17, 15) is 9.59 Å². The number of rotatable bonds is 4. The lowest BCUT2D eigenvalue weighted by atomic mass is 10.1. The number of amides is 3. The van der Waals surface area contributed by atoms with Crippen molar-refractivity contribution in [2.24, 2.45) is 0 Å². The van der Waals surface area contributed by atoms with Crippen LogP contribution in [0.25, 0.3) is 0 Å². The van der Waals surface area contributed by atoms with Crippen LogP contribution in [0.3, 0.4) is 0 Å². The van der Waals surface area contributed by atoms with Gasteiger partial charge in [0.1, 0.15) is 0 Å². The van der Waals surface area contributed by atoms with Crippen LogP contribution >= 0.6 is 0 Å². The first-order valence-corrected chi connectivity index (χ1v) is 6.94. The molecule has 3 amide bonds. The third-order valence-electron chi connectivity index (χ3n) is 3.64. The van der Waals surface area contributed by atoms with Gasteiger partial charge in [-0.2, -0.15) is 0 Å². The fourth-order valence-corrected chi connectivity index (χ4v) is 2.39. The lowest BCUT2D eigenvalue weighted by Crippen LogP contribution is -2.62. The van der Waals surface area contributed by atoms with Crippen molar-refractivity contribution in [2.45, 2.75) is 13.0 Å². The summed E-state index contributed by atoms with van der Waals surface area (Å²) in [5.74, 6) is -0.232. The van der Waals surface area contributed by atoms with Gasteiger partial charge in [-0.1, -0.05) is 0 Å². The largest absolute Gasteiger partial charge is 0.338 e. The zero-order chi connectivity index (χ0) is 13.7. The summed E-state index contributed by atoms with van der Waals surface area (Å²) in [5.41, 5.74) is 0. The van der Waals surface area contributed by atoms with Gasteiger partial charge >= 0.3 is 6.03 Å². The topological polar surface area (TPSA) is 76.7 Å². The van der Waals surface area contributed by atoms with Crippen LogP contribution in [0.5, 0.6) is 0 Å². The van der Waals surface area contributed by atoms with Gasteiger partial charge in [0.05, 0.1) is 6.54 Å². The van der Waals surface area contributed by atoms with Crippen LogP contribution in [0.2, 0.25) is 0 Å². The Morgan fingerprint density at radius 3 is 2.42 bits per heavy atom. The number of nitrogens with one attached hydrogen (secondary N) is 3. The normalized spacial score (nSPS) is 21.7. The van der Waals surface area contributed by atoms with Crippen LogP contribution in [-0.4, -0.2) is 80.1 Å². The number of hydrogen-bond donors (Lipinski definition) is 3. The van der Waals surface area contributed by atoms with Crippen molar-refractivity contribution in [1.29, 1.82) is 0 Å². The summed E-state index contributed by atoms with van der Waals surface area (Å²) in [7, 11) is 0. The van der Waals surface area contributed by atoms with Gasteiger partial charge in [-0.3, -0.25) is 19.9 Å². The van der Waals surface area contributed by atoms with E-state index in [1.165, 1.54) is 0 Å². The van der Waals surface area contributed by atoms with Gasteiger partial charge in [0.2, 0.25) is 5.91 Å². The van der Waals surface area contributed by atoms with Crippen molar-refractivity contribution in [2.75, 3.05) is 52.4 Å². The van der Waals surface area contributed by atoms with Crippen LogP contribution in [0.4, 0.5) is 4.79 Å². The molecule has 0 aromatic heterocycles. The number of carbonyl (C=O) groups is 2. The van der Waals surface area contributed by atoms with E-state index in [0.717, 1.165) is 39.3 Å². The molecule has 108 valence electrons. The second-order valence-electron chi connectivity index (χ2n) is 5.03. The maximum atomic E-state index is 11.6. The molecule has 2 aliphatic rings. The maximum absolute atomic E-state index is 11.6. The average Bonchev–Trinajstić information content (AvgIpc) is 2.29. The number of nitrogens with zero attached hydrogens (tertiary/aromatic N) is 2. The molecule has 0 aromatic rings. The fraction of sp³-hybridized carbons (Fsp3) is 0.833. The van der Waals surface area contributed by atoms with Gasteiger partial charge in [0.25, 0.3) is 0 Å². The molecule has 2 rings (SSSR count). The molecular formula is C12H23N5O2. The Kier molecular flexibility index (Phi) is 5.12. The maximum Gasteiger partial charge on any atom is 0.321 e. The molecule has 0 unspecified atom stereocenters. The van der Waals surface area contributed by atoms with E-state index in [-0.39, 0.29) is 5.91 Å². The van der Waals surface area contributed by atoms with Gasteiger partial charge < -0.3 is 10.6 Å². The molecule has 3 N–H and O–H groups in total. The molecule has 2 saturated heterocycles. The van der Waals surface area contributed by atoms with Crippen molar-refractivity contribution in [3.8, 4) is 0 Å². The summed E-state index contributed by atoms with van der Waals surface area (Å²) < 4.78 is 0. The van der Waals surface area contributed by atoms with Crippen molar-refractivity contribution in [1.82, 2.24) is 25.8 Å². The SMILES string of the molecule is CCNC(=O)NC(=O)CN1CCN(C2CNC2)CC1. The Balaban J connectivity index is 1.64. The zero-order valence-electron chi connectivity index (χ0n) is 11.4. The minimum atomic E-state index is -0.410. The molecule has 19 heavy (non-hydrogen) atoms. The fourth-order valence-electron chi connectivity index (χ4n) is 2.39. The summed E-state index contributed by atoms with van der Waals surface area (Å²) in [5, 5.41) is 8.15. The summed E-state index contributed by atoms with van der Waals surface area (Å²) in [4.78, 5) is 27.4. The van der Waals surface area contributed by atoms with Crippen LogP contribution in [0, 0.1) is 0 Å². The van der Waals surface area contributed by atoms with E-state index in [2.05, 4.69) is 25.8 Å². The predicted octanol–water partition coefficient (Wildman–Crippen LogP) is -1.58. The Hall–Kier alpha value is -1.18. The molecule has 7 heteroatoms. The van der Waals surface area contributed by atoms with E-state index < -0.39 is 6.03 Å². The monoisotopic (exact) mass is 269 g/mol. The van der Waals surface area contributed by atoms with Crippen molar-refractivity contribution >= 4 is 11.9 Å². The molecular weight excluding hydrogens is 246 g/mol. The lowest BCUT2D eigenvalue weighted by Gasteiger charge is -2.43. The molecule has 7 nitrogen and oxygen atoms in total. The van der Waals surface area contributed by atoms with Gasteiger partial charge in [0.15, 0.2) is 0 Å². The van der Waals surface area contributed by atoms with Gasteiger partial charge in [-0.15, -0.1) is 0 Å². The Morgan fingerprint density at radius 1 is 1.21 bits per heavy atom. The second kappa shape index (κ2) is 6.83. The molecule has 2 heterocycles. The first-order valence-electron chi connectivity index (χ1n) is 6.94. The first-order chi connectivity index (χ1) is 9.19. The molecule has 2 aliphatic heterocycles. The van der Waals surface area contributed by atoms with Gasteiger partial charge in [-0.05, 0) is 6.92 Å². The third kappa shape index (κ3) is 4.15. The number of piperazine rings is 1. The smallest absolute Gasteiger partial charge is 0.321 e. The Bertz CT molecular complexity index is 324. The van der Waals surface area contributed by atoms with Crippen LogP contribution in [-0.2, 0) is 4.79 Å². The summed E-state index contributed by atoms with van der Waals surface area (Å²) in [6.45, 7) is 8.58. The zero-order valence-corrected chi connectivity index (χ0v) is 11.4. The molecule has 0 aromatic carbocycles. The summed E-state index contributed by atoms with van der Waals surface area (Å²) in [6.07, 6.45) is 0. The Labute approximate surface area is 113 Å². The van der Waals surface area contributed by atoms with Crippen molar-refractivity contribution < 1.29 is 9.59 Å². The number of carbonyl (C=O) groups excluding carboxylic acids is 2. The highest BCUT2D eigenvalue weighted by Crippen LogP contribution is 2.09. The first kappa shape index (κ1) is 14.2. The Morgan fingerprint density at radius 2 is 1.89 bits per heavy atom. The van der Waals surface area contributed by atoms with Crippen molar-refractivity contribution in [3.63, 3.8) is 0 Å². The van der Waals surface area contributed by atoms with Gasteiger partial charge in [0, 0.05) is 51.9 Å². The highest BCUT2D eigenvalue weighted by atomic mass is 16.2. The average molecular weight is 269 g/mol. The lowest BCUT2D eigenvalue weighted by molar-refractivity contribution is -0.121.